The zero-order chi connectivity index (χ0) is 5.49. The van der Waals surface area contributed by atoms with E-state index in [1.807, 2.05) is 0 Å². The van der Waals surface area contributed by atoms with E-state index in [0.717, 1.165) is 5.92 Å². The minimum atomic E-state index is 0.514. The lowest BCUT2D eigenvalue weighted by atomic mass is 10.1. The molecule has 0 bridgehead atoms. The first-order valence-corrected chi connectivity index (χ1v) is 2.82. The van der Waals surface area contributed by atoms with E-state index in [4.69, 9.17) is 0 Å². The SMILES string of the molecule is C=C[C@@]1(C)C[C@H]1C. The Bertz CT molecular complexity index is 94.2. The third-order valence-corrected chi connectivity index (χ3v) is 2.18. The molecule has 0 aromatic rings. The van der Waals surface area contributed by atoms with Crippen molar-refractivity contribution in [2.45, 2.75) is 20.3 Å². The molecule has 0 unspecified atom stereocenters. The van der Waals surface area contributed by atoms with Gasteiger partial charge in [-0.2, -0.15) is 0 Å². The Morgan fingerprint density at radius 2 is 2.29 bits per heavy atom. The second kappa shape index (κ2) is 1.12. The molecule has 40 valence electrons. The monoisotopic (exact) mass is 96.1 g/mol. The molecule has 1 rings (SSSR count). The van der Waals surface area contributed by atoms with E-state index < -0.39 is 0 Å². The van der Waals surface area contributed by atoms with E-state index in [0.29, 0.717) is 5.41 Å². The minimum Gasteiger partial charge on any atom is -0.103 e. The molecule has 7 heavy (non-hydrogen) atoms. The van der Waals surface area contributed by atoms with Crippen molar-refractivity contribution in [1.82, 2.24) is 0 Å². The summed E-state index contributed by atoms with van der Waals surface area (Å²) in [5.41, 5.74) is 0.514. The Morgan fingerprint density at radius 1 is 1.86 bits per heavy atom. The highest BCUT2D eigenvalue weighted by molar-refractivity contribution is 5.07. The van der Waals surface area contributed by atoms with Gasteiger partial charge in [0.1, 0.15) is 0 Å². The zero-order valence-corrected chi connectivity index (χ0v) is 5.07. The molecule has 1 aliphatic rings. The molecular formula is C7H12. The van der Waals surface area contributed by atoms with Gasteiger partial charge in [-0.1, -0.05) is 19.9 Å². The van der Waals surface area contributed by atoms with Crippen molar-refractivity contribution in [2.24, 2.45) is 11.3 Å². The van der Waals surface area contributed by atoms with Crippen LogP contribution >= 0.6 is 0 Å². The topological polar surface area (TPSA) is 0 Å². The van der Waals surface area contributed by atoms with E-state index in [1.165, 1.54) is 6.42 Å². The molecule has 0 aliphatic heterocycles. The Labute approximate surface area is 45.2 Å². The van der Waals surface area contributed by atoms with Crippen molar-refractivity contribution in [1.29, 1.82) is 0 Å². The summed E-state index contributed by atoms with van der Waals surface area (Å²) in [6, 6.07) is 0. The third-order valence-electron chi connectivity index (χ3n) is 2.18. The summed E-state index contributed by atoms with van der Waals surface area (Å²) < 4.78 is 0. The van der Waals surface area contributed by atoms with E-state index in [9.17, 15) is 0 Å². The second-order valence-electron chi connectivity index (χ2n) is 2.82. The lowest BCUT2D eigenvalue weighted by Gasteiger charge is -1.95. The first-order valence-electron chi connectivity index (χ1n) is 2.82. The molecule has 0 aromatic carbocycles. The van der Waals surface area contributed by atoms with E-state index in [-0.39, 0.29) is 0 Å². The highest BCUT2D eigenvalue weighted by atomic mass is 14.5. The van der Waals surface area contributed by atoms with Crippen molar-refractivity contribution >= 4 is 0 Å². The maximum absolute atomic E-state index is 3.74. The van der Waals surface area contributed by atoms with Gasteiger partial charge < -0.3 is 0 Å². The number of hydrogen-bond acceptors (Lipinski definition) is 0. The lowest BCUT2D eigenvalue weighted by molar-refractivity contribution is 0.666. The molecule has 1 fully saturated rings. The van der Waals surface area contributed by atoms with Crippen LogP contribution in [0.15, 0.2) is 12.7 Å². The van der Waals surface area contributed by atoms with Crippen LogP contribution in [0, 0.1) is 11.3 Å². The highest BCUT2D eigenvalue weighted by Gasteiger charge is 2.43. The third kappa shape index (κ3) is 0.583. The second-order valence-corrected chi connectivity index (χ2v) is 2.82. The molecule has 2 atom stereocenters. The first-order chi connectivity index (χ1) is 3.19. The van der Waals surface area contributed by atoms with Crippen LogP contribution in [-0.2, 0) is 0 Å². The van der Waals surface area contributed by atoms with Crippen LogP contribution in [0.25, 0.3) is 0 Å². The summed E-state index contributed by atoms with van der Waals surface area (Å²) in [4.78, 5) is 0. The van der Waals surface area contributed by atoms with Gasteiger partial charge >= 0.3 is 0 Å². The summed E-state index contributed by atoms with van der Waals surface area (Å²) in [6.45, 7) is 8.27. The zero-order valence-electron chi connectivity index (χ0n) is 5.07. The molecule has 0 heteroatoms. The largest absolute Gasteiger partial charge is 0.103 e. The Balaban J connectivity index is 2.51. The fraction of sp³-hybridized carbons (Fsp3) is 0.714. The maximum Gasteiger partial charge on any atom is -0.0120 e. The Hall–Kier alpha value is -0.260. The summed E-state index contributed by atoms with van der Waals surface area (Å²) in [5, 5.41) is 0. The molecule has 0 saturated heterocycles. The summed E-state index contributed by atoms with van der Waals surface area (Å²) in [7, 11) is 0. The van der Waals surface area contributed by atoms with Crippen LogP contribution in [0.3, 0.4) is 0 Å². The van der Waals surface area contributed by atoms with Crippen LogP contribution in [-0.4, -0.2) is 0 Å². The molecule has 0 nitrogen and oxygen atoms in total. The van der Waals surface area contributed by atoms with E-state index in [2.05, 4.69) is 26.5 Å². The number of allylic oxidation sites excluding steroid dienone is 1. The van der Waals surface area contributed by atoms with Crippen molar-refractivity contribution in [3.05, 3.63) is 12.7 Å². The normalized spacial score (nSPS) is 48.6. The molecule has 0 heterocycles. The van der Waals surface area contributed by atoms with Crippen LogP contribution in [0.1, 0.15) is 20.3 Å². The summed E-state index contributed by atoms with van der Waals surface area (Å²) >= 11 is 0. The first kappa shape index (κ1) is 4.89. The summed E-state index contributed by atoms with van der Waals surface area (Å²) in [6.07, 6.45) is 3.41. The fourth-order valence-corrected chi connectivity index (χ4v) is 0.885. The van der Waals surface area contributed by atoms with Gasteiger partial charge in [0, 0.05) is 0 Å². The van der Waals surface area contributed by atoms with Crippen molar-refractivity contribution in [2.75, 3.05) is 0 Å². The quantitative estimate of drug-likeness (QED) is 0.439. The molecule has 1 aliphatic carbocycles. The van der Waals surface area contributed by atoms with Gasteiger partial charge in [0.25, 0.3) is 0 Å². The van der Waals surface area contributed by atoms with E-state index in [1.54, 1.807) is 0 Å². The number of hydrogen-bond donors (Lipinski definition) is 0. The van der Waals surface area contributed by atoms with Gasteiger partial charge in [0.2, 0.25) is 0 Å². The van der Waals surface area contributed by atoms with Crippen molar-refractivity contribution in [3.63, 3.8) is 0 Å². The van der Waals surface area contributed by atoms with Gasteiger partial charge in [-0.25, -0.2) is 0 Å². The summed E-state index contributed by atoms with van der Waals surface area (Å²) in [5.74, 6) is 0.894. The van der Waals surface area contributed by atoms with E-state index >= 15 is 0 Å². The predicted octanol–water partition coefficient (Wildman–Crippen LogP) is 2.22. The molecule has 0 spiro atoms. The number of rotatable bonds is 1. The van der Waals surface area contributed by atoms with Gasteiger partial charge in [0.15, 0.2) is 0 Å². The van der Waals surface area contributed by atoms with Crippen molar-refractivity contribution in [3.8, 4) is 0 Å². The van der Waals surface area contributed by atoms with Crippen LogP contribution in [0.4, 0.5) is 0 Å². The fourth-order valence-electron chi connectivity index (χ4n) is 0.885. The molecule has 1 saturated carbocycles. The van der Waals surface area contributed by atoms with Gasteiger partial charge in [-0.05, 0) is 17.8 Å². The highest BCUT2D eigenvalue weighted by Crippen LogP contribution is 2.52. The van der Waals surface area contributed by atoms with Gasteiger partial charge in [0.05, 0.1) is 0 Å². The molecule has 0 aromatic heterocycles. The molecule has 0 amide bonds. The minimum absolute atomic E-state index is 0.514. The predicted molar refractivity (Wildman–Crippen MR) is 32.1 cm³/mol. The average molecular weight is 96.2 g/mol. The maximum atomic E-state index is 3.74. The Morgan fingerprint density at radius 3 is 2.29 bits per heavy atom. The molecular weight excluding hydrogens is 84.1 g/mol. The molecule has 0 N–H and O–H groups in total. The standard InChI is InChI=1S/C7H12/c1-4-7(3)5-6(7)2/h4,6H,1,5H2,2-3H3/t6-,7+/m1/s1. The average Bonchev–Trinajstić information content (AvgIpc) is 2.18. The van der Waals surface area contributed by atoms with Crippen LogP contribution in [0.5, 0.6) is 0 Å². The van der Waals surface area contributed by atoms with Crippen LogP contribution in [0.2, 0.25) is 0 Å². The van der Waals surface area contributed by atoms with Gasteiger partial charge in [-0.15, -0.1) is 6.58 Å². The lowest BCUT2D eigenvalue weighted by Crippen LogP contribution is -1.86. The van der Waals surface area contributed by atoms with Crippen molar-refractivity contribution < 1.29 is 0 Å². The smallest absolute Gasteiger partial charge is 0.0120 e. The van der Waals surface area contributed by atoms with Gasteiger partial charge in [-0.3, -0.25) is 0 Å². The molecule has 0 radical (unpaired) electrons. The van der Waals surface area contributed by atoms with Crippen LogP contribution < -0.4 is 0 Å². The Kier molecular flexibility index (Phi) is 0.781.